The third kappa shape index (κ3) is 5.40. The molecule has 3 saturated heterocycles. The average Bonchev–Trinajstić information content (AvgIpc) is 3.48. The van der Waals surface area contributed by atoms with Crippen molar-refractivity contribution in [2.24, 2.45) is 17.0 Å². The second-order valence-electron chi connectivity index (χ2n) is 10.9. The van der Waals surface area contributed by atoms with Crippen molar-refractivity contribution in [3.8, 4) is 5.75 Å². The Labute approximate surface area is 244 Å². The Kier molecular flexibility index (Phi) is 7.52. The number of carbonyl (C=O) groups excluding carboxylic acids is 1. The molecule has 218 valence electrons. The lowest BCUT2D eigenvalue weighted by Crippen LogP contribution is -2.56. The first kappa shape index (κ1) is 28.0. The maximum absolute atomic E-state index is 12.8. The molecule has 42 heavy (non-hydrogen) atoms. The Balaban J connectivity index is 1.30. The van der Waals surface area contributed by atoms with E-state index in [0.29, 0.717) is 23.1 Å². The molecule has 2 aromatic carbocycles. The summed E-state index contributed by atoms with van der Waals surface area (Å²) in [6.45, 7) is 6.22. The van der Waals surface area contributed by atoms with Crippen molar-refractivity contribution >= 4 is 26.8 Å². The molecule has 3 aliphatic heterocycles. The van der Waals surface area contributed by atoms with E-state index in [1.165, 1.54) is 24.3 Å². The zero-order valence-corrected chi connectivity index (χ0v) is 24.1. The van der Waals surface area contributed by atoms with Gasteiger partial charge < -0.3 is 10.1 Å². The molecule has 3 N–H and O–H groups in total. The minimum absolute atomic E-state index is 0.0548. The van der Waals surface area contributed by atoms with Crippen molar-refractivity contribution in [1.29, 1.82) is 0 Å². The standard InChI is InChI=1S/C30H33N7O4S/c1-3-19-17-36-13-11-21(19)14-28(36)29(25-10-12-32-27-9-6-23(41-2)15-26(25)27)37-18-22(34-35-37)16-33-30(38)20-4-7-24(8-5-20)42(31,39)40/h3-10,12,15,18-19,21,28-29H,1,11,13-14,16-17H2,2H3,(H,33,38)(H2,31,39,40)/t19?,21?,28-,29?/m1/s1. The number of fused-ring (bicyclic) bond motifs is 4. The number of carbonyl (C=O) groups is 1. The van der Waals surface area contributed by atoms with Crippen LogP contribution in [0.25, 0.3) is 10.9 Å². The van der Waals surface area contributed by atoms with Crippen molar-refractivity contribution < 1.29 is 17.9 Å². The molecule has 4 aromatic rings. The molecule has 3 aliphatic rings. The Bertz CT molecular complexity index is 1740. The molecule has 1 amide bonds. The van der Waals surface area contributed by atoms with Crippen LogP contribution in [-0.2, 0) is 16.6 Å². The van der Waals surface area contributed by atoms with Crippen molar-refractivity contribution in [1.82, 2.24) is 30.2 Å². The minimum Gasteiger partial charge on any atom is -0.497 e. The predicted molar refractivity (Wildman–Crippen MR) is 157 cm³/mol. The zero-order chi connectivity index (χ0) is 29.4. The molecule has 12 heteroatoms. The van der Waals surface area contributed by atoms with Gasteiger partial charge >= 0.3 is 0 Å². The Morgan fingerprint density at radius 3 is 2.74 bits per heavy atom. The minimum atomic E-state index is -3.84. The molecule has 4 unspecified atom stereocenters. The number of rotatable bonds is 9. The van der Waals surface area contributed by atoms with Crippen molar-refractivity contribution in [2.45, 2.75) is 36.4 Å². The number of pyridine rings is 1. The van der Waals surface area contributed by atoms with Crippen LogP contribution >= 0.6 is 0 Å². The average molecular weight is 588 g/mol. The summed E-state index contributed by atoms with van der Waals surface area (Å²) in [4.78, 5) is 19.8. The van der Waals surface area contributed by atoms with Crippen LogP contribution in [0, 0.1) is 11.8 Å². The van der Waals surface area contributed by atoms with Gasteiger partial charge in [-0.15, -0.1) is 11.7 Å². The smallest absolute Gasteiger partial charge is 0.251 e. The highest BCUT2D eigenvalue weighted by Gasteiger charge is 2.44. The Morgan fingerprint density at radius 2 is 2.05 bits per heavy atom. The first-order chi connectivity index (χ1) is 20.2. The Hall–Kier alpha value is -4.13. The summed E-state index contributed by atoms with van der Waals surface area (Å²) in [5.74, 6) is 1.43. The molecule has 0 radical (unpaired) electrons. The van der Waals surface area contributed by atoms with E-state index in [-0.39, 0.29) is 29.4 Å². The lowest BCUT2D eigenvalue weighted by Gasteiger charge is -2.51. The molecule has 0 spiro atoms. The summed E-state index contributed by atoms with van der Waals surface area (Å²) in [6.07, 6.45) is 7.97. The molecular weight excluding hydrogens is 554 g/mol. The number of sulfonamides is 1. The number of ether oxygens (including phenoxy) is 1. The fraction of sp³-hybridized carbons (Fsp3) is 0.333. The van der Waals surface area contributed by atoms with Crippen LogP contribution < -0.4 is 15.2 Å². The molecule has 0 saturated carbocycles. The third-order valence-electron chi connectivity index (χ3n) is 8.54. The van der Waals surface area contributed by atoms with Crippen LogP contribution in [0.5, 0.6) is 5.75 Å². The summed E-state index contributed by atoms with van der Waals surface area (Å²) in [5.41, 5.74) is 2.87. The van der Waals surface area contributed by atoms with Gasteiger partial charge in [0.05, 0.1) is 36.3 Å². The highest BCUT2D eigenvalue weighted by molar-refractivity contribution is 7.89. The summed E-state index contributed by atoms with van der Waals surface area (Å²) in [6, 6.07) is 13.5. The van der Waals surface area contributed by atoms with E-state index in [4.69, 9.17) is 9.88 Å². The van der Waals surface area contributed by atoms with E-state index in [0.717, 1.165) is 48.1 Å². The second-order valence-corrected chi connectivity index (χ2v) is 12.5. The van der Waals surface area contributed by atoms with E-state index in [2.05, 4.69) is 44.2 Å². The molecule has 2 bridgehead atoms. The van der Waals surface area contributed by atoms with Crippen molar-refractivity contribution in [3.63, 3.8) is 0 Å². The predicted octanol–water partition coefficient (Wildman–Crippen LogP) is 2.90. The second kappa shape index (κ2) is 11.3. The molecule has 3 fully saturated rings. The van der Waals surface area contributed by atoms with Gasteiger partial charge in [-0.2, -0.15) is 0 Å². The van der Waals surface area contributed by atoms with E-state index in [1.54, 1.807) is 7.11 Å². The molecule has 0 aliphatic carbocycles. The third-order valence-corrected chi connectivity index (χ3v) is 9.47. The number of nitrogens with one attached hydrogen (secondary N) is 1. The van der Waals surface area contributed by atoms with Crippen LogP contribution in [-0.4, -0.2) is 65.4 Å². The number of nitrogens with two attached hydrogens (primary N) is 1. The molecule has 11 nitrogen and oxygen atoms in total. The first-order valence-electron chi connectivity index (χ1n) is 13.9. The number of methoxy groups -OCH3 is 1. The van der Waals surface area contributed by atoms with Gasteiger partial charge in [-0.1, -0.05) is 11.3 Å². The van der Waals surface area contributed by atoms with Gasteiger partial charge in [-0.05, 0) is 85.3 Å². The molecule has 7 rings (SSSR count). The number of benzene rings is 2. The highest BCUT2D eigenvalue weighted by atomic mass is 32.2. The first-order valence-corrected chi connectivity index (χ1v) is 15.4. The number of primary sulfonamides is 1. The topological polar surface area (TPSA) is 145 Å². The van der Waals surface area contributed by atoms with E-state index in [1.807, 2.05) is 35.3 Å². The van der Waals surface area contributed by atoms with Gasteiger partial charge in [-0.25, -0.2) is 18.2 Å². The van der Waals surface area contributed by atoms with Gasteiger partial charge in [0.15, 0.2) is 0 Å². The largest absolute Gasteiger partial charge is 0.497 e. The summed E-state index contributed by atoms with van der Waals surface area (Å²) in [7, 11) is -2.18. The van der Waals surface area contributed by atoms with Gasteiger partial charge in [0.1, 0.15) is 11.4 Å². The fourth-order valence-corrected chi connectivity index (χ4v) is 6.88. The molecular formula is C30H33N7O4S. The fourth-order valence-electron chi connectivity index (χ4n) is 6.36. The van der Waals surface area contributed by atoms with E-state index in [9.17, 15) is 13.2 Å². The van der Waals surface area contributed by atoms with Crippen LogP contribution in [0.4, 0.5) is 0 Å². The number of aromatic nitrogens is 4. The zero-order valence-electron chi connectivity index (χ0n) is 23.3. The maximum atomic E-state index is 12.8. The van der Waals surface area contributed by atoms with Crippen LogP contribution in [0.1, 0.15) is 40.5 Å². The maximum Gasteiger partial charge on any atom is 0.251 e. The number of piperidine rings is 3. The van der Waals surface area contributed by atoms with E-state index < -0.39 is 10.0 Å². The summed E-state index contributed by atoms with van der Waals surface area (Å²) in [5, 5.41) is 18.0. The SMILES string of the molecule is C=CC1CN2CCC1C[C@@H]2C(c1ccnc2ccc(OC)cc12)n1cc(CNC(=O)c2ccc(S(N)(=O)=O)cc2)nn1. The number of nitrogens with zero attached hydrogens (tertiary/aromatic N) is 5. The number of hydrogen-bond acceptors (Lipinski definition) is 8. The van der Waals surface area contributed by atoms with Crippen molar-refractivity contribution in [2.75, 3.05) is 20.2 Å². The molecule has 5 heterocycles. The van der Waals surface area contributed by atoms with Crippen LogP contribution in [0.2, 0.25) is 0 Å². The van der Waals surface area contributed by atoms with Crippen molar-refractivity contribution in [3.05, 3.63) is 90.4 Å². The number of hydrogen-bond donors (Lipinski definition) is 2. The Morgan fingerprint density at radius 1 is 1.24 bits per heavy atom. The molecule has 2 aromatic heterocycles. The van der Waals surface area contributed by atoms with Crippen LogP contribution in [0.15, 0.2) is 78.5 Å². The van der Waals surface area contributed by atoms with Gasteiger partial charge in [0, 0.05) is 29.7 Å². The van der Waals surface area contributed by atoms with Gasteiger partial charge in [0.2, 0.25) is 10.0 Å². The van der Waals surface area contributed by atoms with Crippen LogP contribution in [0.3, 0.4) is 0 Å². The number of amides is 1. The monoisotopic (exact) mass is 587 g/mol. The normalized spacial score (nSPS) is 22.5. The van der Waals surface area contributed by atoms with E-state index >= 15 is 0 Å². The lowest BCUT2D eigenvalue weighted by atomic mass is 9.73. The van der Waals surface area contributed by atoms with Gasteiger partial charge in [-0.3, -0.25) is 14.7 Å². The lowest BCUT2D eigenvalue weighted by molar-refractivity contribution is -0.000130. The molecule has 5 atom stereocenters. The van der Waals surface area contributed by atoms with Gasteiger partial charge in [0.25, 0.3) is 5.91 Å². The quantitative estimate of drug-likeness (QED) is 0.284. The summed E-state index contributed by atoms with van der Waals surface area (Å²) >= 11 is 0. The highest BCUT2D eigenvalue weighted by Crippen LogP contribution is 2.43. The summed E-state index contributed by atoms with van der Waals surface area (Å²) < 4.78 is 30.5.